The number of carbonyl (C=O) groups is 1. The van der Waals surface area contributed by atoms with E-state index in [4.69, 9.17) is 4.74 Å². The van der Waals surface area contributed by atoms with Crippen molar-refractivity contribution in [2.24, 2.45) is 0 Å². The number of anilines is 2. The smallest absolute Gasteiger partial charge is 0.251 e. The summed E-state index contributed by atoms with van der Waals surface area (Å²) in [5, 5.41) is 6.10. The van der Waals surface area contributed by atoms with Crippen molar-refractivity contribution in [3.05, 3.63) is 36.2 Å². The van der Waals surface area contributed by atoms with Gasteiger partial charge in [-0.25, -0.2) is 9.97 Å². The zero-order valence-electron chi connectivity index (χ0n) is 14.6. The Morgan fingerprint density at radius 2 is 1.96 bits per heavy atom. The fourth-order valence-electron chi connectivity index (χ4n) is 2.80. The van der Waals surface area contributed by atoms with Crippen molar-refractivity contribution >= 4 is 40.3 Å². The number of rotatable bonds is 6. The van der Waals surface area contributed by atoms with Crippen LogP contribution in [-0.4, -0.2) is 64.0 Å². The van der Waals surface area contributed by atoms with Crippen molar-refractivity contribution in [1.29, 1.82) is 0 Å². The number of carbonyl (C=O) groups excluding carboxylic acids is 1. The Bertz CT molecular complexity index is 926. The van der Waals surface area contributed by atoms with Crippen LogP contribution < -0.4 is 15.5 Å². The Morgan fingerprint density at radius 1 is 1.11 bits per heavy atom. The first-order chi connectivity index (χ1) is 13.3. The van der Waals surface area contributed by atoms with Gasteiger partial charge in [-0.3, -0.25) is 4.79 Å². The maximum Gasteiger partial charge on any atom is 0.251 e. The summed E-state index contributed by atoms with van der Waals surface area (Å²) in [7, 11) is 0. The number of aromatic nitrogens is 4. The summed E-state index contributed by atoms with van der Waals surface area (Å²) in [5.41, 5.74) is 2.12. The van der Waals surface area contributed by atoms with E-state index in [9.17, 15) is 4.79 Å². The van der Waals surface area contributed by atoms with Gasteiger partial charge in [-0.2, -0.15) is 8.75 Å². The molecule has 3 aromatic rings. The molecule has 0 saturated carbocycles. The van der Waals surface area contributed by atoms with Crippen molar-refractivity contribution in [2.75, 3.05) is 49.6 Å². The van der Waals surface area contributed by atoms with Crippen LogP contribution in [0, 0.1) is 0 Å². The van der Waals surface area contributed by atoms with Gasteiger partial charge >= 0.3 is 0 Å². The molecule has 1 amide bonds. The average Bonchev–Trinajstić information content (AvgIpc) is 3.20. The average molecular weight is 385 g/mol. The van der Waals surface area contributed by atoms with Crippen LogP contribution in [0.4, 0.5) is 11.6 Å². The van der Waals surface area contributed by atoms with Crippen molar-refractivity contribution in [3.8, 4) is 0 Å². The second kappa shape index (κ2) is 8.23. The summed E-state index contributed by atoms with van der Waals surface area (Å²) >= 11 is 1.14. The van der Waals surface area contributed by atoms with E-state index >= 15 is 0 Å². The SMILES string of the molecule is O=C(NCCNc1cc(N2CCOCC2)ncn1)c1ccc2nsnc2c1. The molecule has 9 nitrogen and oxygen atoms in total. The minimum atomic E-state index is -0.136. The predicted octanol–water partition coefficient (Wildman–Crippen LogP) is 1.16. The number of amides is 1. The third-order valence-corrected chi connectivity index (χ3v) is 4.78. The molecule has 2 N–H and O–H groups in total. The number of morpholine rings is 1. The minimum Gasteiger partial charge on any atom is -0.378 e. The van der Waals surface area contributed by atoms with Gasteiger partial charge < -0.3 is 20.3 Å². The molecule has 0 atom stereocenters. The molecule has 1 saturated heterocycles. The van der Waals surface area contributed by atoms with E-state index in [1.807, 2.05) is 6.07 Å². The number of hydrogen-bond acceptors (Lipinski definition) is 9. The summed E-state index contributed by atoms with van der Waals surface area (Å²) in [6.07, 6.45) is 1.54. The second-order valence-electron chi connectivity index (χ2n) is 6.01. The van der Waals surface area contributed by atoms with Gasteiger partial charge in [0.2, 0.25) is 0 Å². The van der Waals surface area contributed by atoms with Gasteiger partial charge in [0.25, 0.3) is 5.91 Å². The lowest BCUT2D eigenvalue weighted by Crippen LogP contribution is -2.36. The molecule has 0 bridgehead atoms. The fraction of sp³-hybridized carbons (Fsp3) is 0.353. The van der Waals surface area contributed by atoms with Crippen LogP contribution in [0.25, 0.3) is 11.0 Å². The number of hydrogen-bond donors (Lipinski definition) is 2. The Kier molecular flexibility index (Phi) is 5.35. The summed E-state index contributed by atoms with van der Waals surface area (Å²) in [4.78, 5) is 23.0. The molecule has 4 rings (SSSR count). The van der Waals surface area contributed by atoms with Crippen molar-refractivity contribution in [1.82, 2.24) is 24.0 Å². The maximum absolute atomic E-state index is 12.3. The van der Waals surface area contributed by atoms with Gasteiger partial charge in [-0.05, 0) is 18.2 Å². The van der Waals surface area contributed by atoms with E-state index in [1.54, 1.807) is 24.5 Å². The van der Waals surface area contributed by atoms with Crippen molar-refractivity contribution in [3.63, 3.8) is 0 Å². The van der Waals surface area contributed by atoms with Gasteiger partial charge in [0.1, 0.15) is 29.0 Å². The quantitative estimate of drug-likeness (QED) is 0.609. The van der Waals surface area contributed by atoms with Crippen LogP contribution in [0.15, 0.2) is 30.6 Å². The monoisotopic (exact) mass is 385 g/mol. The van der Waals surface area contributed by atoms with Gasteiger partial charge in [0.15, 0.2) is 0 Å². The molecule has 10 heteroatoms. The van der Waals surface area contributed by atoms with Gasteiger partial charge in [0, 0.05) is 37.8 Å². The lowest BCUT2D eigenvalue weighted by molar-refractivity contribution is 0.0955. The number of nitrogens with one attached hydrogen (secondary N) is 2. The molecule has 0 spiro atoms. The van der Waals surface area contributed by atoms with Gasteiger partial charge in [0.05, 0.1) is 24.9 Å². The summed E-state index contributed by atoms with van der Waals surface area (Å²) in [6.45, 7) is 4.11. The normalized spacial score (nSPS) is 14.3. The lowest BCUT2D eigenvalue weighted by Gasteiger charge is -2.27. The molecular formula is C17H19N7O2S. The largest absolute Gasteiger partial charge is 0.378 e. The maximum atomic E-state index is 12.3. The minimum absolute atomic E-state index is 0.136. The topological polar surface area (TPSA) is 105 Å². The molecule has 0 radical (unpaired) electrons. The van der Waals surface area contributed by atoms with E-state index in [1.165, 1.54) is 0 Å². The van der Waals surface area contributed by atoms with Crippen LogP contribution in [0.2, 0.25) is 0 Å². The molecule has 0 aliphatic carbocycles. The van der Waals surface area contributed by atoms with E-state index < -0.39 is 0 Å². The third-order valence-electron chi connectivity index (χ3n) is 4.22. The first kappa shape index (κ1) is 17.6. The molecule has 27 heavy (non-hydrogen) atoms. The zero-order valence-corrected chi connectivity index (χ0v) is 15.4. The zero-order chi connectivity index (χ0) is 18.5. The molecule has 1 aromatic carbocycles. The Balaban J connectivity index is 1.27. The summed E-state index contributed by atoms with van der Waals surface area (Å²) in [5.74, 6) is 1.48. The predicted molar refractivity (Wildman–Crippen MR) is 103 cm³/mol. The molecule has 1 aliphatic rings. The van der Waals surface area contributed by atoms with E-state index in [0.29, 0.717) is 31.9 Å². The highest BCUT2D eigenvalue weighted by molar-refractivity contribution is 7.00. The van der Waals surface area contributed by atoms with Crippen molar-refractivity contribution < 1.29 is 9.53 Å². The highest BCUT2D eigenvalue weighted by Crippen LogP contribution is 2.15. The molecular weight excluding hydrogens is 366 g/mol. The van der Waals surface area contributed by atoms with Gasteiger partial charge in [-0.15, -0.1) is 0 Å². The second-order valence-corrected chi connectivity index (χ2v) is 6.54. The molecule has 2 aromatic heterocycles. The van der Waals surface area contributed by atoms with E-state index in [0.717, 1.165) is 47.5 Å². The molecule has 0 unspecified atom stereocenters. The number of fused-ring (bicyclic) bond motifs is 1. The summed E-state index contributed by atoms with van der Waals surface area (Å²) in [6, 6.07) is 7.22. The van der Waals surface area contributed by atoms with Crippen LogP contribution >= 0.6 is 11.7 Å². The summed E-state index contributed by atoms with van der Waals surface area (Å²) < 4.78 is 13.7. The first-order valence-corrected chi connectivity index (χ1v) is 9.42. The van der Waals surface area contributed by atoms with Crippen LogP contribution in [0.1, 0.15) is 10.4 Å². The van der Waals surface area contributed by atoms with Crippen LogP contribution in [0.5, 0.6) is 0 Å². The van der Waals surface area contributed by atoms with Crippen molar-refractivity contribution in [2.45, 2.75) is 0 Å². The Hall–Kier alpha value is -2.85. The molecule has 140 valence electrons. The third kappa shape index (κ3) is 4.29. The Labute approximate surface area is 160 Å². The highest BCUT2D eigenvalue weighted by atomic mass is 32.1. The fourth-order valence-corrected chi connectivity index (χ4v) is 3.32. The number of benzene rings is 1. The van der Waals surface area contributed by atoms with E-state index in [2.05, 4.69) is 34.2 Å². The van der Waals surface area contributed by atoms with Crippen LogP contribution in [-0.2, 0) is 4.74 Å². The first-order valence-electron chi connectivity index (χ1n) is 8.69. The van der Waals surface area contributed by atoms with Gasteiger partial charge in [-0.1, -0.05) is 0 Å². The standard InChI is InChI=1S/C17H19N7O2S/c25-17(12-1-2-13-14(9-12)23-27-22-13)19-4-3-18-15-10-16(21-11-20-15)24-5-7-26-8-6-24/h1-2,9-11H,3-8H2,(H,19,25)(H,18,20,21). The lowest BCUT2D eigenvalue weighted by atomic mass is 10.2. The number of ether oxygens (including phenoxy) is 1. The highest BCUT2D eigenvalue weighted by Gasteiger charge is 2.13. The Morgan fingerprint density at radius 3 is 2.85 bits per heavy atom. The molecule has 1 fully saturated rings. The number of nitrogens with zero attached hydrogens (tertiary/aromatic N) is 5. The van der Waals surface area contributed by atoms with E-state index in [-0.39, 0.29) is 5.91 Å². The molecule has 1 aliphatic heterocycles. The molecule has 3 heterocycles. The van der Waals surface area contributed by atoms with Crippen LogP contribution in [0.3, 0.4) is 0 Å².